The van der Waals surface area contributed by atoms with Gasteiger partial charge in [-0.1, -0.05) is 0 Å². The molecule has 0 radical (unpaired) electrons. The third-order valence-corrected chi connectivity index (χ3v) is 5.23. The molecule has 0 bridgehead atoms. The first kappa shape index (κ1) is 22.4. The minimum atomic E-state index is -0.697. The summed E-state index contributed by atoms with van der Waals surface area (Å²) in [7, 11) is 1.51. The van der Waals surface area contributed by atoms with Gasteiger partial charge in [-0.25, -0.2) is 24.1 Å². The predicted molar refractivity (Wildman–Crippen MR) is 117 cm³/mol. The van der Waals surface area contributed by atoms with Crippen molar-refractivity contribution in [3.63, 3.8) is 0 Å². The van der Waals surface area contributed by atoms with Gasteiger partial charge in [0, 0.05) is 26.2 Å². The SMILES string of the molecule is Cn1c(=O)cnc2cc(F)c(OCCNCC3CN(c4cnc5c(n4)NC(=O)CO5)C(=O)O3)nc21. The molecule has 0 aliphatic carbocycles. The molecule has 1 fully saturated rings. The zero-order chi connectivity index (χ0) is 24.5. The highest BCUT2D eigenvalue weighted by molar-refractivity contribution is 5.94. The molecule has 2 amide bonds. The Morgan fingerprint density at radius 1 is 1.26 bits per heavy atom. The fourth-order valence-electron chi connectivity index (χ4n) is 3.50. The maximum absolute atomic E-state index is 14.2. The maximum Gasteiger partial charge on any atom is 0.416 e. The minimum Gasteiger partial charge on any atom is -0.474 e. The zero-order valence-corrected chi connectivity index (χ0v) is 18.4. The van der Waals surface area contributed by atoms with Crippen LogP contribution in [0.15, 0.2) is 23.3 Å². The van der Waals surface area contributed by atoms with Crippen molar-refractivity contribution in [3.05, 3.63) is 34.6 Å². The molecule has 14 nitrogen and oxygen atoms in total. The Kier molecular flexibility index (Phi) is 5.82. The number of nitrogens with zero attached hydrogens (tertiary/aromatic N) is 6. The van der Waals surface area contributed by atoms with Crippen LogP contribution in [0, 0.1) is 5.82 Å². The van der Waals surface area contributed by atoms with Crippen LogP contribution in [0.4, 0.5) is 20.8 Å². The summed E-state index contributed by atoms with van der Waals surface area (Å²) in [6, 6.07) is 1.15. The van der Waals surface area contributed by atoms with Gasteiger partial charge in [-0.3, -0.25) is 19.1 Å². The van der Waals surface area contributed by atoms with Crippen molar-refractivity contribution in [3.8, 4) is 11.8 Å². The minimum absolute atomic E-state index is 0.0734. The Morgan fingerprint density at radius 2 is 2.11 bits per heavy atom. The molecule has 3 aromatic heterocycles. The lowest BCUT2D eigenvalue weighted by atomic mass is 10.3. The van der Waals surface area contributed by atoms with Crippen LogP contribution >= 0.6 is 0 Å². The fourth-order valence-corrected chi connectivity index (χ4v) is 3.50. The second kappa shape index (κ2) is 9.09. The van der Waals surface area contributed by atoms with Gasteiger partial charge in [0.25, 0.3) is 23.2 Å². The summed E-state index contributed by atoms with van der Waals surface area (Å²) in [5, 5.41) is 5.60. The molecule has 0 spiro atoms. The second-order valence-electron chi connectivity index (χ2n) is 7.66. The van der Waals surface area contributed by atoms with Gasteiger partial charge in [0.2, 0.25) is 0 Å². The highest BCUT2D eigenvalue weighted by atomic mass is 19.1. The molecule has 0 aromatic carbocycles. The largest absolute Gasteiger partial charge is 0.474 e. The molecule has 5 heterocycles. The first-order chi connectivity index (χ1) is 16.9. The number of hydrogen-bond donors (Lipinski definition) is 2. The van der Waals surface area contributed by atoms with Crippen molar-refractivity contribution in [1.82, 2.24) is 29.8 Å². The van der Waals surface area contributed by atoms with Crippen LogP contribution in [-0.2, 0) is 16.6 Å². The van der Waals surface area contributed by atoms with Gasteiger partial charge in [-0.05, 0) is 0 Å². The van der Waals surface area contributed by atoms with Crippen molar-refractivity contribution < 1.29 is 28.2 Å². The molecule has 1 saturated heterocycles. The molecular formula is C20H19FN8O6. The average molecular weight is 486 g/mol. The highest BCUT2D eigenvalue weighted by Gasteiger charge is 2.34. The summed E-state index contributed by atoms with van der Waals surface area (Å²) in [6.45, 7) is 0.739. The number of amides is 2. The van der Waals surface area contributed by atoms with E-state index in [-0.39, 0.29) is 65.8 Å². The highest BCUT2D eigenvalue weighted by Crippen LogP contribution is 2.27. The Labute approximate surface area is 196 Å². The molecule has 1 atom stereocenters. The number of cyclic esters (lactones) is 1. The number of pyridine rings is 1. The number of anilines is 2. The lowest BCUT2D eigenvalue weighted by Crippen LogP contribution is -2.33. The molecule has 3 aromatic rings. The molecule has 1 unspecified atom stereocenters. The van der Waals surface area contributed by atoms with E-state index in [1.807, 2.05) is 0 Å². The molecule has 15 heteroatoms. The van der Waals surface area contributed by atoms with Crippen molar-refractivity contribution in [2.24, 2.45) is 7.05 Å². The average Bonchev–Trinajstić information content (AvgIpc) is 3.21. The van der Waals surface area contributed by atoms with Crippen LogP contribution in [0.25, 0.3) is 11.2 Å². The molecule has 2 aliphatic heterocycles. The van der Waals surface area contributed by atoms with Crippen LogP contribution in [0.5, 0.6) is 11.8 Å². The summed E-state index contributed by atoms with van der Waals surface area (Å²) in [5.74, 6) is -0.783. The van der Waals surface area contributed by atoms with E-state index in [0.717, 1.165) is 12.3 Å². The number of hydrogen-bond acceptors (Lipinski definition) is 11. The van der Waals surface area contributed by atoms with E-state index < -0.39 is 18.0 Å². The number of fused-ring (bicyclic) bond motifs is 2. The lowest BCUT2D eigenvalue weighted by molar-refractivity contribution is -0.118. The molecular weight excluding hydrogens is 467 g/mol. The van der Waals surface area contributed by atoms with E-state index in [1.54, 1.807) is 0 Å². The Morgan fingerprint density at radius 3 is 2.97 bits per heavy atom. The van der Waals surface area contributed by atoms with E-state index in [1.165, 1.54) is 22.7 Å². The molecule has 35 heavy (non-hydrogen) atoms. The first-order valence-electron chi connectivity index (χ1n) is 10.5. The summed E-state index contributed by atoms with van der Waals surface area (Å²) in [6.07, 6.45) is 1.36. The van der Waals surface area contributed by atoms with Crippen LogP contribution in [0.2, 0.25) is 0 Å². The summed E-state index contributed by atoms with van der Waals surface area (Å²) < 4.78 is 31.4. The van der Waals surface area contributed by atoms with Crippen LogP contribution in [-0.4, -0.2) is 75.5 Å². The monoisotopic (exact) mass is 486 g/mol. The lowest BCUT2D eigenvalue weighted by Gasteiger charge is -2.18. The Bertz CT molecular complexity index is 1380. The van der Waals surface area contributed by atoms with E-state index in [0.29, 0.717) is 13.1 Å². The maximum atomic E-state index is 14.2. The van der Waals surface area contributed by atoms with Gasteiger partial charge < -0.3 is 24.8 Å². The molecule has 2 aliphatic rings. The zero-order valence-electron chi connectivity index (χ0n) is 18.4. The van der Waals surface area contributed by atoms with E-state index in [4.69, 9.17) is 14.2 Å². The number of halogens is 1. The van der Waals surface area contributed by atoms with Crippen molar-refractivity contribution in [1.29, 1.82) is 0 Å². The van der Waals surface area contributed by atoms with Gasteiger partial charge in [0.15, 0.2) is 29.7 Å². The number of rotatable bonds is 7. The number of nitrogens with one attached hydrogen (secondary N) is 2. The number of aromatic nitrogens is 5. The molecule has 182 valence electrons. The van der Waals surface area contributed by atoms with E-state index >= 15 is 0 Å². The number of aryl methyl sites for hydroxylation is 1. The quantitative estimate of drug-likeness (QED) is 0.417. The van der Waals surface area contributed by atoms with E-state index in [2.05, 4.69) is 30.6 Å². The second-order valence-corrected chi connectivity index (χ2v) is 7.66. The molecule has 0 saturated carbocycles. The van der Waals surface area contributed by atoms with Gasteiger partial charge in [-0.2, -0.15) is 4.98 Å². The Balaban J connectivity index is 1.13. The normalized spacial score (nSPS) is 17.1. The third-order valence-electron chi connectivity index (χ3n) is 5.23. The van der Waals surface area contributed by atoms with Crippen molar-refractivity contribution in [2.45, 2.75) is 6.10 Å². The smallest absolute Gasteiger partial charge is 0.416 e. The van der Waals surface area contributed by atoms with Crippen LogP contribution in [0.3, 0.4) is 0 Å². The molecule has 5 rings (SSSR count). The first-order valence-corrected chi connectivity index (χ1v) is 10.5. The number of carbonyl (C=O) groups excluding carboxylic acids is 2. The third kappa shape index (κ3) is 4.52. The van der Waals surface area contributed by atoms with E-state index in [9.17, 15) is 18.8 Å². The van der Waals surface area contributed by atoms with Gasteiger partial charge in [-0.15, -0.1) is 0 Å². The summed E-state index contributed by atoms with van der Waals surface area (Å²) in [4.78, 5) is 53.0. The standard InChI is InChI=1S/C20H19FN8O6/c1-28-15(31)7-23-12-4-11(21)18(27-17(12)28)33-3-2-22-5-10-8-29(20(32)35-10)13-6-24-19-16(25-13)26-14(30)9-34-19/h4,6-7,10,22H,2-3,5,8-9H2,1H3,(H,25,26,30). The topological polar surface area (TPSA) is 163 Å². The number of ether oxygens (including phenoxy) is 3. The summed E-state index contributed by atoms with van der Waals surface area (Å²) >= 11 is 0. The van der Waals surface area contributed by atoms with Crippen LogP contribution < -0.4 is 30.6 Å². The van der Waals surface area contributed by atoms with Crippen molar-refractivity contribution in [2.75, 3.05) is 43.1 Å². The van der Waals surface area contributed by atoms with Crippen LogP contribution in [0.1, 0.15) is 0 Å². The predicted octanol–water partition coefficient (Wildman–Crippen LogP) is -0.418. The fraction of sp³-hybridized carbons (Fsp3) is 0.350. The van der Waals surface area contributed by atoms with Gasteiger partial charge >= 0.3 is 6.09 Å². The van der Waals surface area contributed by atoms with Gasteiger partial charge in [0.1, 0.15) is 18.2 Å². The number of carbonyl (C=O) groups is 2. The van der Waals surface area contributed by atoms with Gasteiger partial charge in [0.05, 0.1) is 18.9 Å². The Hall–Kier alpha value is -4.40. The summed E-state index contributed by atoms with van der Waals surface area (Å²) in [5.41, 5.74) is 0.0706. The molecule has 2 N–H and O–H groups in total. The van der Waals surface area contributed by atoms with Crippen molar-refractivity contribution >= 4 is 34.8 Å².